The molecule has 2 aliphatic rings. The fourth-order valence-corrected chi connectivity index (χ4v) is 3.40. The molecule has 1 nitrogen and oxygen atoms in total. The van der Waals surface area contributed by atoms with Crippen molar-refractivity contribution in [3.63, 3.8) is 0 Å². The number of benzene rings is 1. The molecule has 86 valence electrons. The number of rotatable bonds is 1. The van der Waals surface area contributed by atoms with Gasteiger partial charge in [0.05, 0.1) is 10.0 Å². The van der Waals surface area contributed by atoms with Crippen molar-refractivity contribution >= 4 is 23.2 Å². The van der Waals surface area contributed by atoms with Crippen molar-refractivity contribution in [3.8, 4) is 0 Å². The summed E-state index contributed by atoms with van der Waals surface area (Å²) in [5.41, 5.74) is 1.35. The zero-order valence-corrected chi connectivity index (χ0v) is 10.6. The molecule has 1 aromatic carbocycles. The highest BCUT2D eigenvalue weighted by Crippen LogP contribution is 2.38. The van der Waals surface area contributed by atoms with E-state index in [9.17, 15) is 0 Å². The van der Waals surface area contributed by atoms with Gasteiger partial charge in [-0.1, -0.05) is 29.3 Å². The molecule has 1 aromatic rings. The Morgan fingerprint density at radius 2 is 1.69 bits per heavy atom. The highest BCUT2D eigenvalue weighted by Gasteiger charge is 2.33. The van der Waals surface area contributed by atoms with Crippen LogP contribution in [0.5, 0.6) is 0 Å². The van der Waals surface area contributed by atoms with Gasteiger partial charge >= 0.3 is 0 Å². The zero-order valence-electron chi connectivity index (χ0n) is 9.05. The van der Waals surface area contributed by atoms with Gasteiger partial charge < -0.3 is 5.32 Å². The van der Waals surface area contributed by atoms with Crippen LogP contribution in [0, 0.1) is 0 Å². The van der Waals surface area contributed by atoms with Gasteiger partial charge in [-0.2, -0.15) is 0 Å². The maximum atomic E-state index is 6.07. The number of hydrogen-bond acceptors (Lipinski definition) is 1. The van der Waals surface area contributed by atoms with Crippen LogP contribution in [0.3, 0.4) is 0 Å². The molecule has 2 fully saturated rings. The van der Waals surface area contributed by atoms with Crippen molar-refractivity contribution in [2.75, 3.05) is 0 Å². The first-order valence-electron chi connectivity index (χ1n) is 5.93. The van der Waals surface area contributed by atoms with E-state index >= 15 is 0 Å². The monoisotopic (exact) mass is 255 g/mol. The highest BCUT2D eigenvalue weighted by molar-refractivity contribution is 6.42. The molecular weight excluding hydrogens is 241 g/mol. The molecular formula is C13H15Cl2N. The van der Waals surface area contributed by atoms with Gasteiger partial charge in [0.1, 0.15) is 0 Å². The number of piperidine rings is 1. The normalized spacial score (nSPS) is 33.0. The molecule has 2 aliphatic heterocycles. The Bertz CT molecular complexity index is 393. The van der Waals surface area contributed by atoms with Crippen LogP contribution in [0.25, 0.3) is 0 Å². The lowest BCUT2D eigenvalue weighted by atomic mass is 9.86. The largest absolute Gasteiger partial charge is 0.311 e. The molecule has 2 bridgehead atoms. The lowest BCUT2D eigenvalue weighted by Crippen LogP contribution is -2.37. The number of halogens is 2. The number of nitrogens with one attached hydrogen (secondary N) is 1. The average Bonchev–Trinajstić information content (AvgIpc) is 2.62. The quantitative estimate of drug-likeness (QED) is 0.801. The average molecular weight is 256 g/mol. The summed E-state index contributed by atoms with van der Waals surface area (Å²) in [4.78, 5) is 0. The predicted molar refractivity (Wildman–Crippen MR) is 68.4 cm³/mol. The molecule has 0 aliphatic carbocycles. The van der Waals surface area contributed by atoms with E-state index in [1.54, 1.807) is 0 Å². The van der Waals surface area contributed by atoms with E-state index in [-0.39, 0.29) is 0 Å². The molecule has 3 rings (SSSR count). The van der Waals surface area contributed by atoms with Crippen LogP contribution in [0.2, 0.25) is 10.0 Å². The van der Waals surface area contributed by atoms with Gasteiger partial charge in [-0.3, -0.25) is 0 Å². The van der Waals surface area contributed by atoms with Crippen LogP contribution in [0.4, 0.5) is 0 Å². The molecule has 0 radical (unpaired) electrons. The minimum Gasteiger partial charge on any atom is -0.311 e. The van der Waals surface area contributed by atoms with Gasteiger partial charge in [0.15, 0.2) is 0 Å². The van der Waals surface area contributed by atoms with Crippen molar-refractivity contribution in [2.24, 2.45) is 0 Å². The maximum absolute atomic E-state index is 6.07. The van der Waals surface area contributed by atoms with Gasteiger partial charge in [0, 0.05) is 12.1 Å². The van der Waals surface area contributed by atoms with E-state index in [1.165, 1.54) is 31.2 Å². The van der Waals surface area contributed by atoms with E-state index in [0.29, 0.717) is 16.0 Å². The topological polar surface area (TPSA) is 12.0 Å². The van der Waals surface area contributed by atoms with Crippen LogP contribution >= 0.6 is 23.2 Å². The Morgan fingerprint density at radius 3 is 2.31 bits per heavy atom. The summed E-state index contributed by atoms with van der Waals surface area (Å²) in [6.45, 7) is 0. The summed E-state index contributed by atoms with van der Waals surface area (Å²) >= 11 is 12.0. The number of fused-ring (bicyclic) bond motifs is 2. The molecule has 1 unspecified atom stereocenters. The Balaban J connectivity index is 1.84. The SMILES string of the molecule is Clc1ccc(C2C[C@H]3CC[C@@H](C2)N3)cc1Cl. The second kappa shape index (κ2) is 4.21. The molecule has 2 saturated heterocycles. The Morgan fingerprint density at radius 1 is 1.00 bits per heavy atom. The smallest absolute Gasteiger partial charge is 0.0595 e. The molecule has 3 heteroatoms. The molecule has 0 aromatic heterocycles. The van der Waals surface area contributed by atoms with Crippen LogP contribution in [-0.4, -0.2) is 12.1 Å². The van der Waals surface area contributed by atoms with Crippen molar-refractivity contribution in [2.45, 2.75) is 43.7 Å². The van der Waals surface area contributed by atoms with Crippen molar-refractivity contribution in [1.82, 2.24) is 5.32 Å². The minimum atomic E-state index is 0.655. The third kappa shape index (κ3) is 1.97. The third-order valence-corrected chi connectivity index (χ3v) is 4.63. The van der Waals surface area contributed by atoms with Crippen molar-refractivity contribution < 1.29 is 0 Å². The standard InChI is InChI=1S/C13H15Cl2N/c14-12-4-1-8(7-13(12)15)9-5-10-2-3-11(6-9)16-10/h1,4,7,9-11,16H,2-3,5-6H2/t9?,10-,11+. The lowest BCUT2D eigenvalue weighted by molar-refractivity contribution is 0.363. The Kier molecular flexibility index (Phi) is 2.87. The molecule has 1 N–H and O–H groups in total. The summed E-state index contributed by atoms with van der Waals surface area (Å²) < 4.78 is 0. The van der Waals surface area contributed by atoms with Crippen molar-refractivity contribution in [1.29, 1.82) is 0 Å². The molecule has 2 heterocycles. The predicted octanol–water partition coefficient (Wildman–Crippen LogP) is 3.99. The fourth-order valence-electron chi connectivity index (χ4n) is 3.10. The van der Waals surface area contributed by atoms with Gasteiger partial charge in [-0.25, -0.2) is 0 Å². The first-order chi connectivity index (χ1) is 7.72. The van der Waals surface area contributed by atoms with Gasteiger partial charge in [-0.15, -0.1) is 0 Å². The van der Waals surface area contributed by atoms with E-state index in [1.807, 2.05) is 12.1 Å². The molecule has 16 heavy (non-hydrogen) atoms. The second-order valence-corrected chi connectivity index (χ2v) is 5.79. The van der Waals surface area contributed by atoms with Gasteiger partial charge in [-0.05, 0) is 49.3 Å². The highest BCUT2D eigenvalue weighted by atomic mass is 35.5. The summed E-state index contributed by atoms with van der Waals surface area (Å²) in [6.07, 6.45) is 5.16. The van der Waals surface area contributed by atoms with E-state index < -0.39 is 0 Å². The lowest BCUT2D eigenvalue weighted by Gasteiger charge is -2.29. The van der Waals surface area contributed by atoms with Crippen LogP contribution < -0.4 is 5.32 Å². The van der Waals surface area contributed by atoms with Crippen LogP contribution in [-0.2, 0) is 0 Å². The fraction of sp³-hybridized carbons (Fsp3) is 0.538. The van der Waals surface area contributed by atoms with Crippen molar-refractivity contribution in [3.05, 3.63) is 33.8 Å². The first kappa shape index (κ1) is 10.9. The van der Waals surface area contributed by atoms with Gasteiger partial charge in [0.2, 0.25) is 0 Å². The Hall–Kier alpha value is -0.240. The molecule has 0 amide bonds. The van der Waals surface area contributed by atoms with Crippen LogP contribution in [0.1, 0.15) is 37.2 Å². The maximum Gasteiger partial charge on any atom is 0.0595 e. The Labute approximate surface area is 106 Å². The molecule has 0 spiro atoms. The zero-order chi connectivity index (χ0) is 11.1. The minimum absolute atomic E-state index is 0.655. The van der Waals surface area contributed by atoms with Crippen LogP contribution in [0.15, 0.2) is 18.2 Å². The van der Waals surface area contributed by atoms with E-state index in [2.05, 4.69) is 11.4 Å². The van der Waals surface area contributed by atoms with Gasteiger partial charge in [0.25, 0.3) is 0 Å². The molecule has 0 saturated carbocycles. The first-order valence-corrected chi connectivity index (χ1v) is 6.69. The van der Waals surface area contributed by atoms with E-state index in [0.717, 1.165) is 12.1 Å². The summed E-state index contributed by atoms with van der Waals surface area (Å²) in [6, 6.07) is 7.53. The number of hydrogen-bond donors (Lipinski definition) is 1. The third-order valence-electron chi connectivity index (χ3n) is 3.89. The summed E-state index contributed by atoms with van der Waals surface area (Å²) in [7, 11) is 0. The molecule has 3 atom stereocenters. The van der Waals surface area contributed by atoms with E-state index in [4.69, 9.17) is 23.2 Å². The second-order valence-electron chi connectivity index (χ2n) is 4.98. The summed E-state index contributed by atoms with van der Waals surface area (Å²) in [5.74, 6) is 0.661. The summed E-state index contributed by atoms with van der Waals surface area (Å²) in [5, 5.41) is 5.00.